The van der Waals surface area contributed by atoms with Crippen LogP contribution < -0.4 is 5.32 Å². The fourth-order valence-electron chi connectivity index (χ4n) is 1.06. The van der Waals surface area contributed by atoms with Crippen molar-refractivity contribution in [2.45, 2.75) is 38.8 Å². The maximum atomic E-state index is 11.8. The first-order valence-electron chi connectivity index (χ1n) is 5.62. The number of halogens is 1. The smallest absolute Gasteiger partial charge is 0.408 e. The minimum atomic E-state index is -1.12. The van der Waals surface area contributed by atoms with Crippen LogP contribution in [0.1, 0.15) is 27.2 Å². The molecule has 0 spiro atoms. The molecule has 0 saturated heterocycles. The molecule has 18 heavy (non-hydrogen) atoms. The summed E-state index contributed by atoms with van der Waals surface area (Å²) < 4.78 is 16.8. The number of amides is 1. The molecule has 0 bridgehead atoms. The lowest BCUT2D eigenvalue weighted by atomic mass is 10.2. The lowest BCUT2D eigenvalue weighted by Gasteiger charge is -2.21. The van der Waals surface area contributed by atoms with Crippen LogP contribution in [0.4, 0.5) is 9.18 Å². The van der Waals surface area contributed by atoms with Gasteiger partial charge in [0.05, 0.1) is 6.67 Å². The van der Waals surface area contributed by atoms with Crippen LogP contribution in [0.3, 0.4) is 0 Å². The molecule has 0 aliphatic rings. The van der Waals surface area contributed by atoms with Crippen LogP contribution in [0.2, 0.25) is 0 Å². The summed E-state index contributed by atoms with van der Waals surface area (Å²) in [5.41, 5.74) is -0.671. The number of carboxylic acids is 1. The Labute approximate surface area is 110 Å². The highest BCUT2D eigenvalue weighted by Crippen LogP contribution is 2.09. The minimum absolute atomic E-state index is 0.235. The van der Waals surface area contributed by atoms with Gasteiger partial charge in [0.25, 0.3) is 0 Å². The van der Waals surface area contributed by atoms with Crippen LogP contribution in [0.25, 0.3) is 0 Å². The molecule has 0 saturated carbocycles. The van der Waals surface area contributed by atoms with Crippen LogP contribution in [0, 0.1) is 0 Å². The molecule has 0 fully saturated rings. The number of nitrogens with one attached hydrogen (secondary N) is 1. The zero-order valence-electron chi connectivity index (χ0n) is 10.9. The Morgan fingerprint density at radius 3 is 2.44 bits per heavy atom. The Bertz CT molecular complexity index is 281. The first-order chi connectivity index (χ1) is 8.26. The van der Waals surface area contributed by atoms with E-state index >= 15 is 0 Å². The van der Waals surface area contributed by atoms with Crippen molar-refractivity contribution in [1.82, 2.24) is 5.32 Å². The summed E-state index contributed by atoms with van der Waals surface area (Å²) in [7, 11) is 0. The molecule has 1 unspecified atom stereocenters. The fourth-order valence-corrected chi connectivity index (χ4v) is 1.78. The Kier molecular flexibility index (Phi) is 7.73. The third kappa shape index (κ3) is 9.09. The molecule has 1 amide bonds. The molecule has 0 aromatic heterocycles. The van der Waals surface area contributed by atoms with E-state index in [0.29, 0.717) is 11.5 Å². The molecule has 106 valence electrons. The molecule has 7 heteroatoms. The predicted molar refractivity (Wildman–Crippen MR) is 68.7 cm³/mol. The van der Waals surface area contributed by atoms with Crippen LogP contribution in [-0.2, 0) is 9.53 Å². The van der Waals surface area contributed by atoms with Crippen molar-refractivity contribution in [2.24, 2.45) is 0 Å². The van der Waals surface area contributed by atoms with Crippen molar-refractivity contribution in [3.63, 3.8) is 0 Å². The molecule has 0 aromatic carbocycles. The normalized spacial score (nSPS) is 12.9. The van der Waals surface area contributed by atoms with Gasteiger partial charge in [-0.2, -0.15) is 11.8 Å². The maximum Gasteiger partial charge on any atom is 0.408 e. The summed E-state index contributed by atoms with van der Waals surface area (Å²) in [6.45, 7) is 4.64. The summed E-state index contributed by atoms with van der Waals surface area (Å²) in [5.74, 6) is -0.322. The van der Waals surface area contributed by atoms with Crippen molar-refractivity contribution >= 4 is 23.8 Å². The van der Waals surface area contributed by atoms with Crippen molar-refractivity contribution in [3.05, 3.63) is 0 Å². The number of hydrogen-bond donors (Lipinski definition) is 2. The molecule has 0 aliphatic carbocycles. The Morgan fingerprint density at radius 1 is 1.39 bits per heavy atom. The standard InChI is InChI=1S/C11H20FNO4S/c1-11(2,3)17-10(16)13-8(9(14)15)4-6-18-7-5-12/h8H,4-7H2,1-3H3,(H,13,16)(H,14,15). The lowest BCUT2D eigenvalue weighted by Crippen LogP contribution is -2.43. The molecule has 0 rings (SSSR count). The third-order valence-corrected chi connectivity index (χ3v) is 2.73. The van der Waals surface area contributed by atoms with Gasteiger partial charge in [-0.25, -0.2) is 9.59 Å². The number of alkyl halides is 1. The van der Waals surface area contributed by atoms with E-state index in [0.717, 1.165) is 0 Å². The molecular weight excluding hydrogens is 261 g/mol. The second-order valence-corrected chi connectivity index (χ2v) is 5.85. The number of aliphatic carboxylic acids is 1. The van der Waals surface area contributed by atoms with E-state index in [1.165, 1.54) is 11.8 Å². The lowest BCUT2D eigenvalue weighted by molar-refractivity contribution is -0.139. The van der Waals surface area contributed by atoms with Crippen molar-refractivity contribution in [1.29, 1.82) is 0 Å². The average molecular weight is 281 g/mol. The molecule has 2 N–H and O–H groups in total. The molecule has 0 aliphatic heterocycles. The van der Waals surface area contributed by atoms with Crippen LogP contribution >= 0.6 is 11.8 Å². The molecule has 0 radical (unpaired) electrons. The van der Waals surface area contributed by atoms with Gasteiger partial charge in [-0.1, -0.05) is 0 Å². The zero-order valence-corrected chi connectivity index (χ0v) is 11.7. The molecule has 0 heterocycles. The quantitative estimate of drug-likeness (QED) is 0.699. The van der Waals surface area contributed by atoms with E-state index < -0.39 is 30.4 Å². The maximum absolute atomic E-state index is 11.8. The topological polar surface area (TPSA) is 75.6 Å². The van der Waals surface area contributed by atoms with E-state index in [1.54, 1.807) is 20.8 Å². The predicted octanol–water partition coefficient (Wildman–Crippen LogP) is 2.06. The zero-order chi connectivity index (χ0) is 14.2. The number of carbonyl (C=O) groups is 2. The monoisotopic (exact) mass is 281 g/mol. The molecule has 5 nitrogen and oxygen atoms in total. The second-order valence-electron chi connectivity index (χ2n) is 4.63. The highest BCUT2D eigenvalue weighted by molar-refractivity contribution is 7.99. The summed E-state index contributed by atoms with van der Waals surface area (Å²) in [5, 5.41) is 11.2. The summed E-state index contributed by atoms with van der Waals surface area (Å²) in [6.07, 6.45) is -0.524. The average Bonchev–Trinajstić information content (AvgIpc) is 2.19. The van der Waals surface area contributed by atoms with E-state index in [4.69, 9.17) is 9.84 Å². The Morgan fingerprint density at radius 2 is 2.00 bits per heavy atom. The minimum Gasteiger partial charge on any atom is -0.480 e. The second kappa shape index (κ2) is 8.18. The van der Waals surface area contributed by atoms with Crippen LogP contribution in [0.5, 0.6) is 0 Å². The van der Waals surface area contributed by atoms with Gasteiger partial charge in [-0.15, -0.1) is 0 Å². The number of alkyl carbamates (subject to hydrolysis) is 1. The Balaban J connectivity index is 4.11. The van der Waals surface area contributed by atoms with E-state index in [-0.39, 0.29) is 6.42 Å². The number of ether oxygens (including phenoxy) is 1. The van der Waals surface area contributed by atoms with Gasteiger partial charge in [0, 0.05) is 5.75 Å². The van der Waals surface area contributed by atoms with Crippen molar-refractivity contribution in [2.75, 3.05) is 18.2 Å². The van der Waals surface area contributed by atoms with Crippen LogP contribution in [0.15, 0.2) is 0 Å². The number of hydrogen-bond acceptors (Lipinski definition) is 4. The van der Waals surface area contributed by atoms with Gasteiger partial charge in [-0.3, -0.25) is 4.39 Å². The largest absolute Gasteiger partial charge is 0.480 e. The summed E-state index contributed by atoms with van der Waals surface area (Å²) in [6, 6.07) is -1.01. The fraction of sp³-hybridized carbons (Fsp3) is 0.818. The van der Waals surface area contributed by atoms with Gasteiger partial charge in [0.15, 0.2) is 0 Å². The van der Waals surface area contributed by atoms with Gasteiger partial charge < -0.3 is 15.2 Å². The van der Waals surface area contributed by atoms with Crippen LogP contribution in [-0.4, -0.2) is 47.0 Å². The highest BCUT2D eigenvalue weighted by atomic mass is 32.2. The van der Waals surface area contributed by atoms with Crippen molar-refractivity contribution < 1.29 is 23.8 Å². The molecular formula is C11H20FNO4S. The van der Waals surface area contributed by atoms with Gasteiger partial charge in [0.1, 0.15) is 11.6 Å². The highest BCUT2D eigenvalue weighted by Gasteiger charge is 2.23. The van der Waals surface area contributed by atoms with Crippen molar-refractivity contribution in [3.8, 4) is 0 Å². The third-order valence-electron chi connectivity index (χ3n) is 1.76. The number of thioether (sulfide) groups is 1. The van der Waals surface area contributed by atoms with E-state index in [9.17, 15) is 14.0 Å². The Hall–Kier alpha value is -0.980. The first-order valence-corrected chi connectivity index (χ1v) is 6.78. The number of carbonyl (C=O) groups excluding carboxylic acids is 1. The first kappa shape index (κ1) is 17.0. The van der Waals surface area contributed by atoms with Gasteiger partial charge in [-0.05, 0) is 32.9 Å². The van der Waals surface area contributed by atoms with Gasteiger partial charge in [0.2, 0.25) is 0 Å². The summed E-state index contributed by atoms with van der Waals surface area (Å²) >= 11 is 1.31. The summed E-state index contributed by atoms with van der Waals surface area (Å²) in [4.78, 5) is 22.3. The van der Waals surface area contributed by atoms with Gasteiger partial charge >= 0.3 is 12.1 Å². The van der Waals surface area contributed by atoms with E-state index in [1.807, 2.05) is 0 Å². The number of rotatable bonds is 7. The SMILES string of the molecule is CC(C)(C)OC(=O)NC(CCSCCF)C(=O)O. The molecule has 0 aromatic rings. The van der Waals surface area contributed by atoms with E-state index in [2.05, 4.69) is 5.32 Å². The molecule has 1 atom stereocenters. The number of carboxylic acid groups (broad SMARTS) is 1.